The number of nitrogens with two attached hydrogens (primary N) is 1. The van der Waals surface area contributed by atoms with Crippen molar-refractivity contribution in [2.75, 3.05) is 20.6 Å². The second kappa shape index (κ2) is 7.41. The third-order valence-corrected chi connectivity index (χ3v) is 6.65. The summed E-state index contributed by atoms with van der Waals surface area (Å²) >= 11 is 0. The first-order chi connectivity index (χ1) is 13.8. The van der Waals surface area contributed by atoms with Crippen molar-refractivity contribution in [3.8, 4) is 11.1 Å². The lowest BCUT2D eigenvalue weighted by Crippen LogP contribution is -2.14. The second-order valence-electron chi connectivity index (χ2n) is 8.07. The maximum atomic E-state index is 12.4. The molecule has 2 N–H and O–H groups in total. The van der Waals surface area contributed by atoms with Gasteiger partial charge >= 0.3 is 0 Å². The van der Waals surface area contributed by atoms with Gasteiger partial charge in [0.25, 0.3) is 0 Å². The molecule has 0 amide bonds. The van der Waals surface area contributed by atoms with Crippen LogP contribution in [0.15, 0.2) is 65.1 Å². The molecular formula is C24H26N2O2S. The van der Waals surface area contributed by atoms with E-state index < -0.39 is 10.0 Å². The minimum absolute atomic E-state index is 0.171. The van der Waals surface area contributed by atoms with Gasteiger partial charge in [0.2, 0.25) is 10.0 Å². The van der Waals surface area contributed by atoms with Crippen LogP contribution < -0.4 is 5.14 Å². The first kappa shape index (κ1) is 19.8. The van der Waals surface area contributed by atoms with Crippen LogP contribution in [0.5, 0.6) is 0 Å². The highest BCUT2D eigenvalue weighted by atomic mass is 32.2. The molecule has 0 aromatic heterocycles. The van der Waals surface area contributed by atoms with Gasteiger partial charge in [-0.3, -0.25) is 0 Å². The topological polar surface area (TPSA) is 63.4 Å². The van der Waals surface area contributed by atoms with E-state index in [-0.39, 0.29) is 4.90 Å². The van der Waals surface area contributed by atoms with E-state index in [1.165, 1.54) is 22.3 Å². The second-order valence-corrected chi connectivity index (χ2v) is 9.60. The molecule has 1 aliphatic carbocycles. The van der Waals surface area contributed by atoms with Crippen molar-refractivity contribution in [2.24, 2.45) is 5.14 Å². The number of benzene rings is 3. The molecule has 4 nitrogen and oxygen atoms in total. The molecule has 3 aromatic rings. The molecule has 0 spiro atoms. The normalized spacial score (nSPS) is 14.1. The molecule has 0 aliphatic heterocycles. The van der Waals surface area contributed by atoms with Crippen LogP contribution in [-0.4, -0.2) is 34.0 Å². The zero-order valence-electron chi connectivity index (χ0n) is 17.1. The van der Waals surface area contributed by atoms with Crippen molar-refractivity contribution in [1.82, 2.24) is 4.90 Å². The van der Waals surface area contributed by atoms with Gasteiger partial charge in [0, 0.05) is 12.1 Å². The van der Waals surface area contributed by atoms with E-state index in [9.17, 15) is 8.42 Å². The maximum absolute atomic E-state index is 12.4. The monoisotopic (exact) mass is 406 g/mol. The summed E-state index contributed by atoms with van der Waals surface area (Å²) in [6.07, 6.45) is 1.93. The molecule has 1 aliphatic rings. The predicted octanol–water partition coefficient (Wildman–Crippen LogP) is 4.44. The van der Waals surface area contributed by atoms with E-state index in [0.29, 0.717) is 5.56 Å². The highest BCUT2D eigenvalue weighted by Gasteiger charge is 2.22. The molecule has 0 atom stereocenters. The van der Waals surface area contributed by atoms with E-state index in [1.54, 1.807) is 6.07 Å². The van der Waals surface area contributed by atoms with Gasteiger partial charge in [0.1, 0.15) is 0 Å². The largest absolute Gasteiger partial charge is 0.309 e. The Morgan fingerprint density at radius 1 is 1.03 bits per heavy atom. The summed E-state index contributed by atoms with van der Waals surface area (Å²) in [6, 6.07) is 17.6. The van der Waals surface area contributed by atoms with Crippen LogP contribution in [0.3, 0.4) is 0 Å². The minimum Gasteiger partial charge on any atom is -0.309 e. The van der Waals surface area contributed by atoms with Crippen molar-refractivity contribution >= 4 is 26.4 Å². The number of fused-ring (bicyclic) bond motifs is 2. The van der Waals surface area contributed by atoms with Crippen molar-refractivity contribution in [1.29, 1.82) is 0 Å². The number of rotatable bonds is 5. The van der Waals surface area contributed by atoms with Gasteiger partial charge in [-0.1, -0.05) is 48.0 Å². The third kappa shape index (κ3) is 3.73. The van der Waals surface area contributed by atoms with E-state index in [1.807, 2.05) is 36.4 Å². The number of primary sulfonamides is 1. The molecule has 0 bridgehead atoms. The zero-order chi connectivity index (χ0) is 20.8. The van der Waals surface area contributed by atoms with Gasteiger partial charge in [-0.05, 0) is 79.0 Å². The molecule has 0 fully saturated rings. The fourth-order valence-electron chi connectivity index (χ4n) is 4.26. The third-order valence-electron chi connectivity index (χ3n) is 5.70. The molecule has 5 heteroatoms. The van der Waals surface area contributed by atoms with Gasteiger partial charge in [-0.25, -0.2) is 13.6 Å². The molecule has 0 saturated heterocycles. The fourth-order valence-corrected chi connectivity index (χ4v) is 5.03. The average Bonchev–Trinajstić information content (AvgIpc) is 2.98. The Morgan fingerprint density at radius 2 is 1.79 bits per heavy atom. The fraction of sp³-hybridized carbons (Fsp3) is 0.250. The highest BCUT2D eigenvalue weighted by molar-refractivity contribution is 7.89. The summed E-state index contributed by atoms with van der Waals surface area (Å²) in [6.45, 7) is 3.17. The van der Waals surface area contributed by atoms with Gasteiger partial charge in [0.15, 0.2) is 0 Å². The van der Waals surface area contributed by atoms with Crippen molar-refractivity contribution < 1.29 is 8.42 Å². The molecule has 0 heterocycles. The summed E-state index contributed by atoms with van der Waals surface area (Å²) in [7, 11) is 0.308. The van der Waals surface area contributed by atoms with Crippen LogP contribution in [-0.2, 0) is 16.4 Å². The summed E-state index contributed by atoms with van der Waals surface area (Å²) in [5, 5.41) is 7.48. The summed E-state index contributed by atoms with van der Waals surface area (Å²) < 4.78 is 24.7. The Labute approximate surface area is 172 Å². The minimum atomic E-state index is -3.85. The summed E-state index contributed by atoms with van der Waals surface area (Å²) in [5.74, 6) is 0. The Balaban J connectivity index is 1.93. The lowest BCUT2D eigenvalue weighted by Gasteiger charge is -2.15. The maximum Gasteiger partial charge on any atom is 0.238 e. The number of allylic oxidation sites excluding steroid dienone is 1. The Hall–Kier alpha value is -2.47. The molecule has 0 saturated carbocycles. The van der Waals surface area contributed by atoms with Crippen LogP contribution >= 0.6 is 0 Å². The van der Waals surface area contributed by atoms with E-state index in [2.05, 4.69) is 38.1 Å². The lowest BCUT2D eigenvalue weighted by molar-refractivity contribution is 0.419. The van der Waals surface area contributed by atoms with Gasteiger partial charge < -0.3 is 4.90 Å². The predicted molar refractivity (Wildman–Crippen MR) is 120 cm³/mol. The van der Waals surface area contributed by atoms with E-state index in [0.717, 1.165) is 35.7 Å². The number of hydrogen-bond acceptors (Lipinski definition) is 3. The molecule has 0 unspecified atom stereocenters. The average molecular weight is 407 g/mol. The van der Waals surface area contributed by atoms with Gasteiger partial charge in [-0.2, -0.15) is 0 Å². The molecule has 29 heavy (non-hydrogen) atoms. The van der Waals surface area contributed by atoms with Gasteiger partial charge in [-0.15, -0.1) is 0 Å². The quantitative estimate of drug-likeness (QED) is 0.681. The first-order valence-corrected chi connectivity index (χ1v) is 11.3. The molecule has 4 rings (SSSR count). The van der Waals surface area contributed by atoms with Gasteiger partial charge in [0.05, 0.1) is 4.90 Å². The summed E-state index contributed by atoms with van der Waals surface area (Å²) in [4.78, 5) is 2.36. The Morgan fingerprint density at radius 3 is 2.52 bits per heavy atom. The van der Waals surface area contributed by atoms with Crippen LogP contribution in [0.25, 0.3) is 27.5 Å². The van der Waals surface area contributed by atoms with E-state index >= 15 is 0 Å². The molecule has 3 aromatic carbocycles. The van der Waals surface area contributed by atoms with Crippen molar-refractivity contribution in [3.05, 3.63) is 71.3 Å². The Bertz CT molecular complexity index is 1240. The first-order valence-electron chi connectivity index (χ1n) is 9.77. The van der Waals surface area contributed by atoms with Crippen LogP contribution in [0.1, 0.15) is 24.5 Å². The van der Waals surface area contributed by atoms with Crippen LogP contribution in [0.4, 0.5) is 0 Å². The lowest BCUT2D eigenvalue weighted by atomic mass is 9.93. The molecule has 0 radical (unpaired) electrons. The van der Waals surface area contributed by atoms with Crippen molar-refractivity contribution in [3.63, 3.8) is 0 Å². The summed E-state index contributed by atoms with van der Waals surface area (Å²) in [5.41, 5.74) is 6.87. The number of sulfonamides is 1. The van der Waals surface area contributed by atoms with Crippen LogP contribution in [0, 0.1) is 0 Å². The zero-order valence-corrected chi connectivity index (χ0v) is 17.9. The molecule has 150 valence electrons. The Kier molecular flexibility index (Phi) is 5.07. The number of hydrogen-bond donors (Lipinski definition) is 1. The standard InChI is InChI=1S/C24H26N2O2S/c1-16-14-18-8-9-19(15-22(18)20(16)12-13-26(2)3)24-21-7-5-4-6-17(21)10-11-23(24)29(25,27)28/h4-11,15H,12-14H2,1-3H3,(H2,25,27,28). The van der Waals surface area contributed by atoms with E-state index in [4.69, 9.17) is 5.14 Å². The number of nitrogens with zero attached hydrogens (tertiary/aromatic N) is 1. The molecular weight excluding hydrogens is 380 g/mol. The van der Waals surface area contributed by atoms with Crippen molar-refractivity contribution in [2.45, 2.75) is 24.7 Å². The smallest absolute Gasteiger partial charge is 0.238 e. The van der Waals surface area contributed by atoms with Crippen LogP contribution in [0.2, 0.25) is 0 Å². The highest BCUT2D eigenvalue weighted by Crippen LogP contribution is 2.40. The SMILES string of the molecule is CC1=C(CCN(C)C)c2cc(-c3c(S(N)(=O)=O)ccc4ccccc34)ccc2C1.